The molecule has 3 aromatic rings. The highest BCUT2D eigenvalue weighted by molar-refractivity contribution is 5.78. The number of fused-ring (bicyclic) bond motifs is 1. The lowest BCUT2D eigenvalue weighted by Gasteiger charge is -2.22. The first-order chi connectivity index (χ1) is 10.7. The topological polar surface area (TPSA) is 44.0 Å². The lowest BCUT2D eigenvalue weighted by Crippen LogP contribution is -2.21. The molecule has 0 radical (unpaired) electrons. The molecule has 0 aliphatic heterocycles. The summed E-state index contributed by atoms with van der Waals surface area (Å²) in [4.78, 5) is 10.2. The predicted molar refractivity (Wildman–Crippen MR) is 94.1 cm³/mol. The van der Waals surface area contributed by atoms with Crippen LogP contribution in [0.25, 0.3) is 11.0 Å². The van der Waals surface area contributed by atoms with Crippen molar-refractivity contribution in [2.45, 2.75) is 20.8 Å². The average molecular weight is 294 g/mol. The number of anilines is 3. The third kappa shape index (κ3) is 2.77. The van der Waals surface area contributed by atoms with Crippen LogP contribution >= 0.6 is 0 Å². The molecule has 1 heterocycles. The molecule has 4 heteroatoms. The van der Waals surface area contributed by atoms with Crippen LogP contribution in [0.4, 0.5) is 17.3 Å². The van der Waals surface area contributed by atoms with Gasteiger partial charge in [-0.15, -0.1) is 0 Å². The SMILES string of the molecule is CCN(CC)c1ccc(Nc2nc3ccccc3[nH]2)c(C)c1. The zero-order valence-electron chi connectivity index (χ0n) is 13.4. The van der Waals surface area contributed by atoms with Crippen molar-refractivity contribution in [3.63, 3.8) is 0 Å². The Bertz CT molecular complexity index is 739. The Morgan fingerprint density at radius 3 is 2.55 bits per heavy atom. The highest BCUT2D eigenvalue weighted by Gasteiger charge is 2.07. The summed E-state index contributed by atoms with van der Waals surface area (Å²) in [6, 6.07) is 14.5. The van der Waals surface area contributed by atoms with Gasteiger partial charge in [-0.1, -0.05) is 12.1 Å². The van der Waals surface area contributed by atoms with E-state index in [4.69, 9.17) is 0 Å². The molecule has 2 aromatic carbocycles. The van der Waals surface area contributed by atoms with E-state index in [9.17, 15) is 0 Å². The Morgan fingerprint density at radius 1 is 1.09 bits per heavy atom. The summed E-state index contributed by atoms with van der Waals surface area (Å²) in [5.74, 6) is 0.778. The fourth-order valence-electron chi connectivity index (χ4n) is 2.71. The number of aryl methyl sites for hydroxylation is 1. The fraction of sp³-hybridized carbons (Fsp3) is 0.278. The third-order valence-electron chi connectivity index (χ3n) is 3.98. The summed E-state index contributed by atoms with van der Waals surface area (Å²) in [6.45, 7) is 8.52. The van der Waals surface area contributed by atoms with Gasteiger partial charge in [0, 0.05) is 24.5 Å². The van der Waals surface area contributed by atoms with Crippen molar-refractivity contribution < 1.29 is 0 Å². The van der Waals surface area contributed by atoms with Crippen LogP contribution in [0.1, 0.15) is 19.4 Å². The Kier molecular flexibility index (Phi) is 4.00. The number of benzene rings is 2. The van der Waals surface area contributed by atoms with Gasteiger partial charge in [-0.25, -0.2) is 4.98 Å². The molecular formula is C18H22N4. The number of nitrogens with one attached hydrogen (secondary N) is 2. The van der Waals surface area contributed by atoms with E-state index in [2.05, 4.69) is 59.2 Å². The van der Waals surface area contributed by atoms with Gasteiger partial charge in [0.05, 0.1) is 11.0 Å². The third-order valence-corrected chi connectivity index (χ3v) is 3.98. The molecule has 0 saturated heterocycles. The van der Waals surface area contributed by atoms with E-state index in [1.54, 1.807) is 0 Å². The molecule has 0 spiro atoms. The highest BCUT2D eigenvalue weighted by atomic mass is 15.1. The summed E-state index contributed by atoms with van der Waals surface area (Å²) in [5.41, 5.74) is 5.57. The van der Waals surface area contributed by atoms with Gasteiger partial charge in [-0.3, -0.25) is 0 Å². The van der Waals surface area contributed by atoms with Crippen LogP contribution in [0.15, 0.2) is 42.5 Å². The van der Waals surface area contributed by atoms with Gasteiger partial charge in [0.1, 0.15) is 0 Å². The van der Waals surface area contributed by atoms with Crippen LogP contribution in [-0.4, -0.2) is 23.1 Å². The van der Waals surface area contributed by atoms with Gasteiger partial charge in [0.15, 0.2) is 0 Å². The van der Waals surface area contributed by atoms with Gasteiger partial charge >= 0.3 is 0 Å². The van der Waals surface area contributed by atoms with Gasteiger partial charge in [0.2, 0.25) is 5.95 Å². The van der Waals surface area contributed by atoms with Gasteiger partial charge < -0.3 is 15.2 Å². The van der Waals surface area contributed by atoms with Crippen molar-refractivity contribution in [3.05, 3.63) is 48.0 Å². The summed E-state index contributed by atoms with van der Waals surface area (Å²) >= 11 is 0. The lowest BCUT2D eigenvalue weighted by atomic mass is 10.1. The summed E-state index contributed by atoms with van der Waals surface area (Å²) in [7, 11) is 0. The van der Waals surface area contributed by atoms with Crippen LogP contribution in [-0.2, 0) is 0 Å². The van der Waals surface area contributed by atoms with Gasteiger partial charge in [-0.05, 0) is 56.7 Å². The molecule has 0 saturated carbocycles. The first kappa shape index (κ1) is 14.4. The van der Waals surface area contributed by atoms with Crippen molar-refractivity contribution in [1.82, 2.24) is 9.97 Å². The molecule has 114 valence electrons. The fourth-order valence-corrected chi connectivity index (χ4v) is 2.71. The molecule has 0 aliphatic carbocycles. The lowest BCUT2D eigenvalue weighted by molar-refractivity contribution is 0.866. The maximum Gasteiger partial charge on any atom is 0.205 e. The Balaban J connectivity index is 1.86. The first-order valence-electron chi connectivity index (χ1n) is 7.78. The second-order valence-electron chi connectivity index (χ2n) is 5.40. The summed E-state index contributed by atoms with van der Waals surface area (Å²) in [5, 5.41) is 3.38. The van der Waals surface area contributed by atoms with E-state index in [1.807, 2.05) is 24.3 Å². The van der Waals surface area contributed by atoms with Crippen LogP contribution in [0.5, 0.6) is 0 Å². The number of aromatic nitrogens is 2. The Hall–Kier alpha value is -2.49. The molecule has 0 fully saturated rings. The minimum atomic E-state index is 0.778. The molecule has 1 aromatic heterocycles. The number of hydrogen-bond acceptors (Lipinski definition) is 3. The van der Waals surface area contributed by atoms with Crippen LogP contribution < -0.4 is 10.2 Å². The van der Waals surface area contributed by atoms with Gasteiger partial charge in [0.25, 0.3) is 0 Å². The van der Waals surface area contributed by atoms with E-state index in [0.29, 0.717) is 0 Å². The van der Waals surface area contributed by atoms with E-state index in [1.165, 1.54) is 11.3 Å². The van der Waals surface area contributed by atoms with E-state index < -0.39 is 0 Å². The molecule has 0 unspecified atom stereocenters. The van der Waals surface area contributed by atoms with E-state index in [-0.39, 0.29) is 0 Å². The molecule has 0 amide bonds. The minimum Gasteiger partial charge on any atom is -0.372 e. The Morgan fingerprint density at radius 2 is 1.86 bits per heavy atom. The smallest absolute Gasteiger partial charge is 0.205 e. The molecule has 0 bridgehead atoms. The second-order valence-corrected chi connectivity index (χ2v) is 5.40. The number of H-pyrrole nitrogens is 1. The normalized spacial score (nSPS) is 10.9. The minimum absolute atomic E-state index is 0.778. The molecular weight excluding hydrogens is 272 g/mol. The Labute approximate surface area is 131 Å². The number of para-hydroxylation sites is 2. The monoisotopic (exact) mass is 294 g/mol. The summed E-state index contributed by atoms with van der Waals surface area (Å²) in [6.07, 6.45) is 0. The van der Waals surface area contributed by atoms with E-state index >= 15 is 0 Å². The number of hydrogen-bond donors (Lipinski definition) is 2. The number of imidazole rings is 1. The molecule has 0 aliphatic rings. The second kappa shape index (κ2) is 6.10. The molecule has 2 N–H and O–H groups in total. The first-order valence-corrected chi connectivity index (χ1v) is 7.78. The molecule has 22 heavy (non-hydrogen) atoms. The molecule has 3 rings (SSSR count). The van der Waals surface area contributed by atoms with Crippen molar-refractivity contribution in [2.24, 2.45) is 0 Å². The van der Waals surface area contributed by atoms with E-state index in [0.717, 1.165) is 35.8 Å². The maximum absolute atomic E-state index is 4.56. The van der Waals surface area contributed by atoms with Crippen molar-refractivity contribution in [1.29, 1.82) is 0 Å². The molecule has 4 nitrogen and oxygen atoms in total. The van der Waals surface area contributed by atoms with Crippen LogP contribution in [0.3, 0.4) is 0 Å². The van der Waals surface area contributed by atoms with Crippen molar-refractivity contribution in [2.75, 3.05) is 23.3 Å². The van der Waals surface area contributed by atoms with Crippen molar-refractivity contribution >= 4 is 28.4 Å². The quantitative estimate of drug-likeness (QED) is 0.730. The highest BCUT2D eigenvalue weighted by Crippen LogP contribution is 2.25. The molecule has 0 atom stereocenters. The van der Waals surface area contributed by atoms with Crippen LogP contribution in [0.2, 0.25) is 0 Å². The summed E-state index contributed by atoms with van der Waals surface area (Å²) < 4.78 is 0. The van der Waals surface area contributed by atoms with Gasteiger partial charge in [-0.2, -0.15) is 0 Å². The van der Waals surface area contributed by atoms with Crippen molar-refractivity contribution in [3.8, 4) is 0 Å². The zero-order chi connectivity index (χ0) is 15.5. The number of nitrogens with zero attached hydrogens (tertiary/aromatic N) is 2. The average Bonchev–Trinajstić information content (AvgIpc) is 2.93. The van der Waals surface area contributed by atoms with Crippen LogP contribution in [0, 0.1) is 6.92 Å². The predicted octanol–water partition coefficient (Wildman–Crippen LogP) is 4.46. The number of aromatic amines is 1. The zero-order valence-corrected chi connectivity index (χ0v) is 13.4. The number of rotatable bonds is 5. The largest absolute Gasteiger partial charge is 0.372 e. The standard InChI is InChI=1S/C18H22N4/c1-4-22(5-2)14-10-11-15(13(3)12-14)19-18-20-16-8-6-7-9-17(16)21-18/h6-12H,4-5H2,1-3H3,(H2,19,20,21). The maximum atomic E-state index is 4.56.